The Labute approximate surface area is 165 Å². The number of hydrogen-bond acceptors (Lipinski definition) is 4. The predicted octanol–water partition coefficient (Wildman–Crippen LogP) is 4.85. The van der Waals surface area contributed by atoms with Crippen LogP contribution in [0.3, 0.4) is 0 Å². The molecule has 3 aromatic rings. The number of fused-ring (bicyclic) bond motifs is 3. The van der Waals surface area contributed by atoms with Gasteiger partial charge in [0, 0.05) is 24.2 Å². The van der Waals surface area contributed by atoms with Gasteiger partial charge in [0.15, 0.2) is 10.8 Å². The van der Waals surface area contributed by atoms with Gasteiger partial charge in [0.1, 0.15) is 6.04 Å². The van der Waals surface area contributed by atoms with Crippen molar-refractivity contribution in [3.8, 4) is 0 Å². The standard InChI is InChI=1S/C19H19ClF3N5/c1-11-7-8-27(14-10-25-16-9-15(20)26-28(16)17(11)14)13-5-3-12(4-6-13)18(24-2)19(21,22)23/h3-6,9-11,18,24H,7-8H2,1-2H3/t11?,18-/m0/s1. The van der Waals surface area contributed by atoms with E-state index < -0.39 is 12.2 Å². The molecule has 0 saturated heterocycles. The first-order valence-corrected chi connectivity index (χ1v) is 9.33. The maximum Gasteiger partial charge on any atom is 0.407 e. The largest absolute Gasteiger partial charge is 0.407 e. The number of rotatable bonds is 3. The fraction of sp³-hybridized carbons (Fsp3) is 0.368. The van der Waals surface area contributed by atoms with Crippen molar-refractivity contribution in [2.75, 3.05) is 18.5 Å². The van der Waals surface area contributed by atoms with Gasteiger partial charge in [-0.15, -0.1) is 0 Å². The summed E-state index contributed by atoms with van der Waals surface area (Å²) < 4.78 is 41.2. The van der Waals surface area contributed by atoms with Crippen LogP contribution in [0, 0.1) is 0 Å². The second-order valence-electron chi connectivity index (χ2n) is 6.96. The van der Waals surface area contributed by atoms with Crippen molar-refractivity contribution in [1.82, 2.24) is 19.9 Å². The van der Waals surface area contributed by atoms with Crippen molar-refractivity contribution >= 4 is 28.6 Å². The quantitative estimate of drug-likeness (QED) is 0.671. The number of nitrogens with one attached hydrogen (secondary N) is 1. The van der Waals surface area contributed by atoms with E-state index in [0.29, 0.717) is 10.8 Å². The van der Waals surface area contributed by atoms with Gasteiger partial charge >= 0.3 is 6.18 Å². The lowest BCUT2D eigenvalue weighted by molar-refractivity contribution is -0.156. The summed E-state index contributed by atoms with van der Waals surface area (Å²) in [5, 5.41) is 7.04. The maximum atomic E-state index is 13.2. The smallest absolute Gasteiger partial charge is 0.339 e. The van der Waals surface area contributed by atoms with E-state index in [0.717, 1.165) is 30.0 Å². The van der Waals surface area contributed by atoms with Crippen LogP contribution in [0.2, 0.25) is 5.15 Å². The van der Waals surface area contributed by atoms with Crippen LogP contribution in [0.5, 0.6) is 0 Å². The third-order valence-electron chi connectivity index (χ3n) is 5.17. The molecule has 0 bridgehead atoms. The summed E-state index contributed by atoms with van der Waals surface area (Å²) in [6.45, 7) is 2.86. The maximum absolute atomic E-state index is 13.2. The predicted molar refractivity (Wildman–Crippen MR) is 102 cm³/mol. The van der Waals surface area contributed by atoms with Gasteiger partial charge in [-0.25, -0.2) is 9.50 Å². The van der Waals surface area contributed by atoms with E-state index in [9.17, 15) is 13.2 Å². The molecule has 1 N–H and O–H groups in total. The van der Waals surface area contributed by atoms with Gasteiger partial charge in [-0.3, -0.25) is 0 Å². The van der Waals surface area contributed by atoms with Crippen LogP contribution in [-0.4, -0.2) is 34.4 Å². The Morgan fingerprint density at radius 2 is 1.96 bits per heavy atom. The molecule has 148 valence electrons. The Hall–Kier alpha value is -2.32. The van der Waals surface area contributed by atoms with E-state index in [1.807, 2.05) is 0 Å². The molecule has 0 saturated carbocycles. The van der Waals surface area contributed by atoms with E-state index in [1.54, 1.807) is 28.9 Å². The molecule has 28 heavy (non-hydrogen) atoms. The highest BCUT2D eigenvalue weighted by atomic mass is 35.5. The average molecular weight is 410 g/mol. The molecule has 5 nitrogen and oxygen atoms in total. The molecule has 0 fully saturated rings. The van der Waals surface area contributed by atoms with E-state index in [-0.39, 0.29) is 11.5 Å². The van der Waals surface area contributed by atoms with Crippen LogP contribution in [0.25, 0.3) is 5.65 Å². The molecule has 4 rings (SSSR count). The lowest BCUT2D eigenvalue weighted by Gasteiger charge is -2.34. The van der Waals surface area contributed by atoms with Crippen molar-refractivity contribution in [2.24, 2.45) is 0 Å². The van der Waals surface area contributed by atoms with Crippen molar-refractivity contribution in [1.29, 1.82) is 0 Å². The van der Waals surface area contributed by atoms with Gasteiger partial charge in [0.25, 0.3) is 0 Å². The number of nitrogens with zero attached hydrogens (tertiary/aromatic N) is 4. The van der Waals surface area contributed by atoms with Crippen molar-refractivity contribution in [3.63, 3.8) is 0 Å². The number of alkyl halides is 3. The van der Waals surface area contributed by atoms with Crippen LogP contribution in [-0.2, 0) is 0 Å². The second kappa shape index (κ2) is 6.93. The van der Waals surface area contributed by atoms with Crippen molar-refractivity contribution in [3.05, 3.63) is 52.9 Å². The molecular weight excluding hydrogens is 391 g/mol. The molecule has 1 unspecified atom stereocenters. The zero-order valence-corrected chi connectivity index (χ0v) is 16.1. The third-order valence-corrected chi connectivity index (χ3v) is 5.35. The lowest BCUT2D eigenvalue weighted by atomic mass is 9.96. The highest BCUT2D eigenvalue weighted by molar-refractivity contribution is 6.29. The molecule has 9 heteroatoms. The average Bonchev–Trinajstić information content (AvgIpc) is 3.02. The number of anilines is 2. The summed E-state index contributed by atoms with van der Waals surface area (Å²) in [4.78, 5) is 6.49. The van der Waals surface area contributed by atoms with E-state index in [2.05, 4.69) is 27.2 Å². The van der Waals surface area contributed by atoms with Gasteiger partial charge in [-0.2, -0.15) is 18.3 Å². The molecule has 0 radical (unpaired) electrons. The first kappa shape index (κ1) is 19.0. The zero-order chi connectivity index (χ0) is 20.1. The van der Waals surface area contributed by atoms with Gasteiger partial charge in [0.05, 0.1) is 17.6 Å². The third kappa shape index (κ3) is 3.20. The highest BCUT2D eigenvalue weighted by Crippen LogP contribution is 2.40. The fourth-order valence-electron chi connectivity index (χ4n) is 3.80. The van der Waals surface area contributed by atoms with Crippen LogP contribution >= 0.6 is 11.6 Å². The SMILES string of the molecule is CN[C@@H](c1ccc(N2CCC(C)c3c2cnc2cc(Cl)nn32)cc1)C(F)(F)F. The minimum Gasteiger partial charge on any atom is -0.339 e. The highest BCUT2D eigenvalue weighted by Gasteiger charge is 2.39. The Morgan fingerprint density at radius 3 is 2.61 bits per heavy atom. The summed E-state index contributed by atoms with van der Waals surface area (Å²) in [7, 11) is 1.31. The van der Waals surface area contributed by atoms with Crippen LogP contribution in [0.1, 0.15) is 36.6 Å². The van der Waals surface area contributed by atoms with Gasteiger partial charge in [-0.1, -0.05) is 30.7 Å². The lowest BCUT2D eigenvalue weighted by Crippen LogP contribution is -2.31. The molecule has 0 aliphatic carbocycles. The summed E-state index contributed by atoms with van der Waals surface area (Å²) in [6, 6.07) is 6.47. The topological polar surface area (TPSA) is 45.5 Å². The molecule has 0 amide bonds. The Kier molecular flexibility index (Phi) is 4.71. The molecule has 2 aromatic heterocycles. The number of halogens is 4. The minimum atomic E-state index is -4.35. The number of aromatic nitrogens is 3. The van der Waals surface area contributed by atoms with Crippen LogP contribution < -0.4 is 10.2 Å². The minimum absolute atomic E-state index is 0.178. The van der Waals surface area contributed by atoms with Crippen LogP contribution in [0.4, 0.5) is 24.5 Å². The molecular formula is C19H19ClF3N5. The Bertz CT molecular complexity index is 999. The Morgan fingerprint density at radius 1 is 1.25 bits per heavy atom. The fourth-order valence-corrected chi connectivity index (χ4v) is 3.97. The summed E-state index contributed by atoms with van der Waals surface area (Å²) in [5.41, 5.74) is 3.55. The van der Waals surface area contributed by atoms with Gasteiger partial charge in [-0.05, 0) is 31.2 Å². The number of hydrogen-bond donors (Lipinski definition) is 1. The van der Waals surface area contributed by atoms with E-state index >= 15 is 0 Å². The first-order valence-electron chi connectivity index (χ1n) is 8.95. The van der Waals surface area contributed by atoms with Gasteiger partial charge < -0.3 is 10.2 Å². The normalized spacial score (nSPS) is 18.4. The number of benzene rings is 1. The van der Waals surface area contributed by atoms with E-state index in [1.165, 1.54) is 19.2 Å². The molecule has 2 atom stereocenters. The zero-order valence-electron chi connectivity index (χ0n) is 15.3. The molecule has 3 heterocycles. The van der Waals surface area contributed by atoms with Crippen molar-refractivity contribution in [2.45, 2.75) is 31.5 Å². The van der Waals surface area contributed by atoms with E-state index in [4.69, 9.17) is 11.6 Å². The molecule has 1 aromatic carbocycles. The molecule has 0 spiro atoms. The molecule has 1 aliphatic rings. The monoisotopic (exact) mass is 409 g/mol. The van der Waals surface area contributed by atoms with Crippen molar-refractivity contribution < 1.29 is 13.2 Å². The first-order chi connectivity index (χ1) is 13.3. The molecule has 1 aliphatic heterocycles. The summed E-state index contributed by atoms with van der Waals surface area (Å²) >= 11 is 6.04. The Balaban J connectivity index is 1.73. The summed E-state index contributed by atoms with van der Waals surface area (Å²) in [5.74, 6) is 0.255. The second-order valence-corrected chi connectivity index (χ2v) is 7.35. The van der Waals surface area contributed by atoms with Crippen LogP contribution in [0.15, 0.2) is 36.5 Å². The summed E-state index contributed by atoms with van der Waals surface area (Å²) in [6.07, 6.45) is -1.69. The van der Waals surface area contributed by atoms with Gasteiger partial charge in [0.2, 0.25) is 0 Å².